The standard InChI is InChI=1S/C21H29NO5/c1-14-17(20(24)25-5)12-15(6-7-19(23)27-21(2,3)4)13-18(14)22-16-8-10-26-11-9-16/h6-7,12-13,16,22H,8-11H2,1-5H3. The summed E-state index contributed by atoms with van der Waals surface area (Å²) in [4.78, 5) is 24.1. The fourth-order valence-electron chi connectivity index (χ4n) is 2.87. The van der Waals surface area contributed by atoms with Crippen LogP contribution in [0.5, 0.6) is 0 Å². The Balaban J connectivity index is 2.28. The summed E-state index contributed by atoms with van der Waals surface area (Å²) in [5.74, 6) is -0.836. The lowest BCUT2D eigenvalue weighted by Crippen LogP contribution is -2.28. The average Bonchev–Trinajstić information content (AvgIpc) is 2.61. The molecule has 0 spiro atoms. The second-order valence-corrected chi connectivity index (χ2v) is 7.63. The first-order valence-corrected chi connectivity index (χ1v) is 9.18. The van der Waals surface area contributed by atoms with Crippen LogP contribution in [0, 0.1) is 6.92 Å². The number of anilines is 1. The average molecular weight is 375 g/mol. The quantitative estimate of drug-likeness (QED) is 0.624. The molecule has 0 aliphatic carbocycles. The molecule has 1 aromatic rings. The molecular weight excluding hydrogens is 346 g/mol. The highest BCUT2D eigenvalue weighted by Crippen LogP contribution is 2.26. The number of methoxy groups -OCH3 is 1. The number of carbonyl (C=O) groups excluding carboxylic acids is 2. The Bertz CT molecular complexity index is 712. The normalized spacial score (nSPS) is 15.6. The van der Waals surface area contributed by atoms with Gasteiger partial charge in [-0.15, -0.1) is 0 Å². The Morgan fingerprint density at radius 2 is 1.89 bits per heavy atom. The summed E-state index contributed by atoms with van der Waals surface area (Å²) in [5, 5.41) is 3.50. The zero-order chi connectivity index (χ0) is 20.0. The molecule has 1 N–H and O–H groups in total. The van der Waals surface area contributed by atoms with Crippen molar-refractivity contribution >= 4 is 23.7 Å². The van der Waals surface area contributed by atoms with Crippen LogP contribution in [0.15, 0.2) is 18.2 Å². The molecule has 27 heavy (non-hydrogen) atoms. The molecule has 1 fully saturated rings. The van der Waals surface area contributed by atoms with Gasteiger partial charge in [0.15, 0.2) is 0 Å². The molecular formula is C21H29NO5. The molecule has 148 valence electrons. The van der Waals surface area contributed by atoms with Crippen LogP contribution in [-0.4, -0.2) is 43.9 Å². The molecule has 0 atom stereocenters. The molecule has 6 heteroatoms. The molecule has 1 aromatic carbocycles. The summed E-state index contributed by atoms with van der Waals surface area (Å²) < 4.78 is 15.6. The van der Waals surface area contributed by atoms with E-state index in [-0.39, 0.29) is 6.04 Å². The van der Waals surface area contributed by atoms with Gasteiger partial charge in [-0.3, -0.25) is 0 Å². The van der Waals surface area contributed by atoms with E-state index in [1.165, 1.54) is 13.2 Å². The van der Waals surface area contributed by atoms with Crippen LogP contribution in [0.1, 0.15) is 55.1 Å². The van der Waals surface area contributed by atoms with Crippen molar-refractivity contribution in [2.75, 3.05) is 25.6 Å². The second kappa shape index (κ2) is 9.04. The summed E-state index contributed by atoms with van der Waals surface area (Å²) in [6, 6.07) is 3.93. The Morgan fingerprint density at radius 1 is 1.22 bits per heavy atom. The number of ether oxygens (including phenoxy) is 3. The molecule has 2 rings (SSSR count). The highest BCUT2D eigenvalue weighted by atomic mass is 16.6. The third-order valence-electron chi connectivity index (χ3n) is 4.23. The lowest BCUT2D eigenvalue weighted by atomic mass is 10.0. The summed E-state index contributed by atoms with van der Waals surface area (Å²) in [5.41, 5.74) is 2.32. The number of esters is 2. The maximum absolute atomic E-state index is 12.2. The predicted molar refractivity (Wildman–Crippen MR) is 105 cm³/mol. The van der Waals surface area contributed by atoms with Gasteiger partial charge in [0.25, 0.3) is 0 Å². The minimum absolute atomic E-state index is 0.285. The number of nitrogens with one attached hydrogen (secondary N) is 1. The van der Waals surface area contributed by atoms with Gasteiger partial charge in [0.05, 0.1) is 12.7 Å². The van der Waals surface area contributed by atoms with E-state index in [2.05, 4.69) is 5.32 Å². The van der Waals surface area contributed by atoms with Crippen molar-refractivity contribution < 1.29 is 23.8 Å². The third kappa shape index (κ3) is 6.40. The minimum Gasteiger partial charge on any atom is -0.465 e. The van der Waals surface area contributed by atoms with Gasteiger partial charge >= 0.3 is 11.9 Å². The largest absolute Gasteiger partial charge is 0.465 e. The molecule has 0 bridgehead atoms. The molecule has 0 amide bonds. The zero-order valence-corrected chi connectivity index (χ0v) is 16.8. The van der Waals surface area contributed by atoms with Crippen molar-refractivity contribution in [2.24, 2.45) is 0 Å². The Morgan fingerprint density at radius 3 is 2.48 bits per heavy atom. The van der Waals surface area contributed by atoms with Crippen molar-refractivity contribution in [3.8, 4) is 0 Å². The minimum atomic E-state index is -0.554. The van der Waals surface area contributed by atoms with Crippen LogP contribution < -0.4 is 5.32 Å². The second-order valence-electron chi connectivity index (χ2n) is 7.63. The van der Waals surface area contributed by atoms with E-state index in [4.69, 9.17) is 14.2 Å². The van der Waals surface area contributed by atoms with Crippen LogP contribution in [0.25, 0.3) is 6.08 Å². The molecule has 1 aliphatic rings. The molecule has 0 aromatic heterocycles. The summed E-state index contributed by atoms with van der Waals surface area (Å²) in [6.07, 6.45) is 4.83. The van der Waals surface area contributed by atoms with Crippen molar-refractivity contribution in [3.05, 3.63) is 34.9 Å². The molecule has 1 heterocycles. The highest BCUT2D eigenvalue weighted by molar-refractivity contribution is 5.94. The van der Waals surface area contributed by atoms with E-state index < -0.39 is 17.5 Å². The maximum Gasteiger partial charge on any atom is 0.338 e. The lowest BCUT2D eigenvalue weighted by molar-refractivity contribution is -0.148. The van der Waals surface area contributed by atoms with Gasteiger partial charge in [-0.05, 0) is 69.9 Å². The summed E-state index contributed by atoms with van der Waals surface area (Å²) in [7, 11) is 1.36. The molecule has 0 saturated carbocycles. The molecule has 0 unspecified atom stereocenters. The summed E-state index contributed by atoms with van der Waals surface area (Å²) in [6.45, 7) is 8.77. The van der Waals surface area contributed by atoms with Crippen LogP contribution in [0.4, 0.5) is 5.69 Å². The first kappa shape index (κ1) is 21.0. The highest BCUT2D eigenvalue weighted by Gasteiger charge is 2.19. The monoisotopic (exact) mass is 375 g/mol. The van der Waals surface area contributed by atoms with E-state index in [0.29, 0.717) is 5.56 Å². The van der Waals surface area contributed by atoms with Crippen molar-refractivity contribution in [2.45, 2.75) is 52.2 Å². The number of rotatable bonds is 5. The Kier molecular flexibility index (Phi) is 7.02. The van der Waals surface area contributed by atoms with Gasteiger partial charge in [-0.25, -0.2) is 9.59 Å². The third-order valence-corrected chi connectivity index (χ3v) is 4.23. The smallest absolute Gasteiger partial charge is 0.338 e. The van der Waals surface area contributed by atoms with Crippen LogP contribution in [0.3, 0.4) is 0 Å². The number of carbonyl (C=O) groups is 2. The van der Waals surface area contributed by atoms with E-state index in [1.54, 1.807) is 12.1 Å². The zero-order valence-electron chi connectivity index (χ0n) is 16.8. The van der Waals surface area contributed by atoms with E-state index in [9.17, 15) is 9.59 Å². The van der Waals surface area contributed by atoms with Gasteiger partial charge in [-0.2, -0.15) is 0 Å². The SMILES string of the molecule is COC(=O)c1cc(C=CC(=O)OC(C)(C)C)cc(NC2CCOCC2)c1C. The van der Waals surface area contributed by atoms with Gasteiger partial charge in [0.2, 0.25) is 0 Å². The first-order valence-electron chi connectivity index (χ1n) is 9.18. The molecule has 1 saturated heterocycles. The van der Waals surface area contributed by atoms with E-state index in [1.807, 2.05) is 33.8 Å². The van der Waals surface area contributed by atoms with E-state index >= 15 is 0 Å². The van der Waals surface area contributed by atoms with Crippen molar-refractivity contribution in [1.29, 1.82) is 0 Å². The van der Waals surface area contributed by atoms with E-state index in [0.717, 1.165) is 42.9 Å². The maximum atomic E-state index is 12.2. The Labute approximate surface area is 160 Å². The van der Waals surface area contributed by atoms with Crippen molar-refractivity contribution in [3.63, 3.8) is 0 Å². The Hall–Kier alpha value is -2.34. The molecule has 0 radical (unpaired) electrons. The molecule has 6 nitrogen and oxygen atoms in total. The van der Waals surface area contributed by atoms with Gasteiger partial charge < -0.3 is 19.5 Å². The van der Waals surface area contributed by atoms with Crippen LogP contribution in [0.2, 0.25) is 0 Å². The van der Waals surface area contributed by atoms with Gasteiger partial charge in [0, 0.05) is 31.0 Å². The number of benzene rings is 1. The fourth-order valence-corrected chi connectivity index (χ4v) is 2.87. The number of hydrogen-bond acceptors (Lipinski definition) is 6. The lowest BCUT2D eigenvalue weighted by Gasteiger charge is -2.25. The van der Waals surface area contributed by atoms with Crippen molar-refractivity contribution in [1.82, 2.24) is 0 Å². The number of hydrogen-bond donors (Lipinski definition) is 1. The van der Waals surface area contributed by atoms with Crippen LogP contribution in [-0.2, 0) is 19.0 Å². The van der Waals surface area contributed by atoms with Gasteiger partial charge in [-0.1, -0.05) is 0 Å². The molecule has 1 aliphatic heterocycles. The first-order chi connectivity index (χ1) is 12.7. The summed E-state index contributed by atoms with van der Waals surface area (Å²) >= 11 is 0. The van der Waals surface area contributed by atoms with Gasteiger partial charge in [0.1, 0.15) is 5.60 Å². The predicted octanol–water partition coefficient (Wildman–Crippen LogP) is 3.73. The topological polar surface area (TPSA) is 73.9 Å². The van der Waals surface area contributed by atoms with Crippen LogP contribution >= 0.6 is 0 Å². The fraction of sp³-hybridized carbons (Fsp3) is 0.524.